The summed E-state index contributed by atoms with van der Waals surface area (Å²) >= 11 is 8.58. The molecule has 0 radical (unpaired) electrons. The van der Waals surface area contributed by atoms with Crippen LogP contribution in [0.2, 0.25) is 5.02 Å². The number of thioether (sulfide) groups is 1. The van der Waals surface area contributed by atoms with Gasteiger partial charge in [-0.15, -0.1) is 23.1 Å². The fourth-order valence-electron chi connectivity index (χ4n) is 2.87. The Morgan fingerprint density at radius 3 is 2.26 bits per heavy atom. The molecule has 0 spiro atoms. The molecule has 31 heavy (non-hydrogen) atoms. The lowest BCUT2D eigenvalue weighted by Crippen LogP contribution is -2.05. The molecule has 2 N–H and O–H groups in total. The van der Waals surface area contributed by atoms with E-state index in [1.165, 1.54) is 44.4 Å². The first kappa shape index (κ1) is 22.8. The molecule has 0 bridgehead atoms. The standard InChI is InChI=1S/C22H19ClN2O4S2/c1-27-16-8-13(9-17(28-2)20(16)29-3)19(26)21-18(25)15(10-24)22(31-21)30-11-12-4-6-14(23)7-5-12/h4-9H,11,25H2,1-3H3. The van der Waals surface area contributed by atoms with E-state index >= 15 is 0 Å². The van der Waals surface area contributed by atoms with Crippen molar-refractivity contribution in [3.63, 3.8) is 0 Å². The molecule has 0 atom stereocenters. The Hall–Kier alpha value is -2.86. The largest absolute Gasteiger partial charge is 0.493 e. The third-order valence-corrected chi connectivity index (χ3v) is 7.24. The smallest absolute Gasteiger partial charge is 0.205 e. The Morgan fingerprint density at radius 2 is 1.74 bits per heavy atom. The number of methoxy groups -OCH3 is 3. The van der Waals surface area contributed by atoms with Gasteiger partial charge in [0.15, 0.2) is 11.5 Å². The van der Waals surface area contributed by atoms with E-state index in [1.54, 1.807) is 12.1 Å². The number of carbonyl (C=O) groups is 1. The van der Waals surface area contributed by atoms with Crippen LogP contribution in [0.3, 0.4) is 0 Å². The second-order valence-corrected chi connectivity index (χ2v) is 8.98. The van der Waals surface area contributed by atoms with Crippen LogP contribution >= 0.6 is 34.7 Å². The molecule has 9 heteroatoms. The van der Waals surface area contributed by atoms with Crippen LogP contribution in [-0.4, -0.2) is 27.1 Å². The maximum atomic E-state index is 13.2. The summed E-state index contributed by atoms with van der Waals surface area (Å²) in [5.41, 5.74) is 8.03. The summed E-state index contributed by atoms with van der Waals surface area (Å²) in [6.45, 7) is 0. The monoisotopic (exact) mass is 474 g/mol. The molecule has 0 aliphatic rings. The summed E-state index contributed by atoms with van der Waals surface area (Å²) in [6, 6.07) is 12.7. The topological polar surface area (TPSA) is 94.6 Å². The number of rotatable bonds is 8. The minimum Gasteiger partial charge on any atom is -0.493 e. The maximum absolute atomic E-state index is 13.2. The molecule has 0 saturated carbocycles. The molecule has 0 saturated heterocycles. The van der Waals surface area contributed by atoms with E-state index in [0.717, 1.165) is 5.56 Å². The predicted octanol–water partition coefficient (Wildman–Crippen LogP) is 5.40. The summed E-state index contributed by atoms with van der Waals surface area (Å²) in [6.07, 6.45) is 0. The van der Waals surface area contributed by atoms with Gasteiger partial charge in [0.2, 0.25) is 11.5 Å². The first-order chi connectivity index (χ1) is 14.9. The number of nitrogens with zero attached hydrogens (tertiary/aromatic N) is 1. The third-order valence-electron chi connectivity index (χ3n) is 4.44. The van der Waals surface area contributed by atoms with Crippen LogP contribution in [0.25, 0.3) is 0 Å². The molecule has 160 valence electrons. The fourth-order valence-corrected chi connectivity index (χ4v) is 5.32. The fraction of sp³-hybridized carbons (Fsp3) is 0.182. The number of carbonyl (C=O) groups excluding carboxylic acids is 1. The van der Waals surface area contributed by atoms with Gasteiger partial charge < -0.3 is 19.9 Å². The molecule has 0 aliphatic heterocycles. The summed E-state index contributed by atoms with van der Waals surface area (Å²) in [5, 5.41) is 10.3. The zero-order chi connectivity index (χ0) is 22.5. The highest BCUT2D eigenvalue weighted by Gasteiger charge is 2.25. The minimum absolute atomic E-state index is 0.171. The molecule has 6 nitrogen and oxygen atoms in total. The van der Waals surface area contributed by atoms with Crippen molar-refractivity contribution in [2.24, 2.45) is 0 Å². The quantitative estimate of drug-likeness (QED) is 0.344. The molecule has 1 heterocycles. The van der Waals surface area contributed by atoms with Crippen molar-refractivity contribution in [1.82, 2.24) is 0 Å². The van der Waals surface area contributed by atoms with Crippen LogP contribution in [0.1, 0.15) is 26.4 Å². The van der Waals surface area contributed by atoms with E-state index in [-0.39, 0.29) is 11.5 Å². The van der Waals surface area contributed by atoms with E-state index in [9.17, 15) is 10.1 Å². The second kappa shape index (κ2) is 9.96. The van der Waals surface area contributed by atoms with Gasteiger partial charge in [-0.2, -0.15) is 5.26 Å². The highest BCUT2D eigenvalue weighted by Crippen LogP contribution is 2.42. The SMILES string of the molecule is COc1cc(C(=O)c2sc(SCc3ccc(Cl)cc3)c(C#N)c2N)cc(OC)c1OC. The van der Waals surface area contributed by atoms with Gasteiger partial charge in [-0.3, -0.25) is 4.79 Å². The number of hydrogen-bond acceptors (Lipinski definition) is 8. The summed E-state index contributed by atoms with van der Waals surface area (Å²) in [4.78, 5) is 13.5. The highest BCUT2D eigenvalue weighted by molar-refractivity contribution is 8.00. The number of ether oxygens (including phenoxy) is 3. The molecule has 3 aromatic rings. The van der Waals surface area contributed by atoms with Crippen molar-refractivity contribution in [2.45, 2.75) is 9.96 Å². The van der Waals surface area contributed by atoms with Crippen LogP contribution < -0.4 is 19.9 Å². The van der Waals surface area contributed by atoms with Crippen molar-refractivity contribution >= 4 is 46.2 Å². The molecular formula is C22H19ClN2O4S2. The average Bonchev–Trinajstić information content (AvgIpc) is 3.12. The molecular weight excluding hydrogens is 456 g/mol. The first-order valence-electron chi connectivity index (χ1n) is 8.97. The Labute approximate surface area is 193 Å². The number of thiophene rings is 1. The lowest BCUT2D eigenvalue weighted by molar-refractivity contribution is 0.104. The number of benzene rings is 2. The van der Waals surface area contributed by atoms with Gasteiger partial charge in [0.05, 0.1) is 31.2 Å². The van der Waals surface area contributed by atoms with Gasteiger partial charge in [-0.1, -0.05) is 23.7 Å². The summed E-state index contributed by atoms with van der Waals surface area (Å²) in [7, 11) is 4.44. The maximum Gasteiger partial charge on any atom is 0.205 e. The number of halogens is 1. The van der Waals surface area contributed by atoms with Crippen molar-refractivity contribution < 1.29 is 19.0 Å². The van der Waals surface area contributed by atoms with Gasteiger partial charge in [0.1, 0.15) is 16.5 Å². The van der Waals surface area contributed by atoms with Crippen molar-refractivity contribution in [1.29, 1.82) is 5.26 Å². The molecule has 0 unspecified atom stereocenters. The van der Waals surface area contributed by atoms with Crippen molar-refractivity contribution in [3.8, 4) is 23.3 Å². The Balaban J connectivity index is 1.95. The summed E-state index contributed by atoms with van der Waals surface area (Å²) < 4.78 is 16.7. The molecule has 0 fully saturated rings. The first-order valence-corrected chi connectivity index (χ1v) is 11.2. The van der Waals surface area contributed by atoms with Crippen LogP contribution in [0.4, 0.5) is 5.69 Å². The number of nitrogens with two attached hydrogens (primary N) is 1. The average molecular weight is 475 g/mol. The van der Waals surface area contributed by atoms with Crippen molar-refractivity contribution in [2.75, 3.05) is 27.1 Å². The van der Waals surface area contributed by atoms with Gasteiger partial charge in [-0.05, 0) is 29.8 Å². The lowest BCUT2D eigenvalue weighted by atomic mass is 10.1. The third kappa shape index (κ3) is 4.74. The molecule has 0 amide bonds. The van der Waals surface area contributed by atoms with E-state index < -0.39 is 0 Å². The predicted molar refractivity (Wildman–Crippen MR) is 124 cm³/mol. The van der Waals surface area contributed by atoms with Crippen LogP contribution in [0.15, 0.2) is 40.6 Å². The van der Waals surface area contributed by atoms with Gasteiger partial charge in [0, 0.05) is 16.3 Å². The Kier molecular flexibility index (Phi) is 7.33. The summed E-state index contributed by atoms with van der Waals surface area (Å²) in [5.74, 6) is 1.40. The Morgan fingerprint density at radius 1 is 1.13 bits per heavy atom. The van der Waals surface area contributed by atoms with E-state index in [4.69, 9.17) is 31.5 Å². The molecule has 3 rings (SSSR count). The number of ketones is 1. The highest BCUT2D eigenvalue weighted by atomic mass is 35.5. The van der Waals surface area contributed by atoms with E-state index in [1.807, 2.05) is 24.3 Å². The zero-order valence-corrected chi connectivity index (χ0v) is 19.4. The number of hydrogen-bond donors (Lipinski definition) is 1. The second-order valence-electron chi connectivity index (χ2n) is 6.28. The van der Waals surface area contributed by atoms with Gasteiger partial charge >= 0.3 is 0 Å². The van der Waals surface area contributed by atoms with Crippen molar-refractivity contribution in [3.05, 3.63) is 63.0 Å². The van der Waals surface area contributed by atoms with Crippen LogP contribution in [-0.2, 0) is 5.75 Å². The van der Waals surface area contributed by atoms with E-state index in [2.05, 4.69) is 6.07 Å². The van der Waals surface area contributed by atoms with Crippen LogP contribution in [0, 0.1) is 11.3 Å². The van der Waals surface area contributed by atoms with Gasteiger partial charge in [-0.25, -0.2) is 0 Å². The lowest BCUT2D eigenvalue weighted by Gasteiger charge is -2.13. The van der Waals surface area contributed by atoms with E-state index in [0.29, 0.717) is 48.2 Å². The zero-order valence-electron chi connectivity index (χ0n) is 17.0. The minimum atomic E-state index is -0.323. The number of nitriles is 1. The Bertz CT molecular complexity index is 1130. The molecule has 0 aliphatic carbocycles. The van der Waals surface area contributed by atoms with Gasteiger partial charge in [0.25, 0.3) is 0 Å². The molecule has 2 aromatic carbocycles. The number of nitrogen functional groups attached to an aromatic ring is 1. The molecule has 1 aromatic heterocycles. The normalized spacial score (nSPS) is 10.4. The number of anilines is 1. The van der Waals surface area contributed by atoms with Crippen LogP contribution in [0.5, 0.6) is 17.2 Å².